The zero-order valence-electron chi connectivity index (χ0n) is 9.57. The summed E-state index contributed by atoms with van der Waals surface area (Å²) < 4.78 is 4.80. The molecule has 0 bridgehead atoms. The summed E-state index contributed by atoms with van der Waals surface area (Å²) in [5.74, 6) is -0.705. The Bertz CT molecular complexity index is 250. The van der Waals surface area contributed by atoms with Crippen molar-refractivity contribution >= 4 is 11.9 Å². The Kier molecular flexibility index (Phi) is 5.25. The van der Waals surface area contributed by atoms with Crippen LogP contribution in [-0.4, -0.2) is 36.7 Å². The lowest BCUT2D eigenvalue weighted by atomic mass is 9.83. The fourth-order valence-electron chi connectivity index (χ4n) is 1.71. The Morgan fingerprint density at radius 3 is 2.62 bits per heavy atom. The Morgan fingerprint density at radius 2 is 2.19 bits per heavy atom. The number of carboxylic acid groups (broad SMARTS) is 1. The zero-order valence-corrected chi connectivity index (χ0v) is 9.57. The zero-order chi connectivity index (χ0) is 12.0. The first-order valence-corrected chi connectivity index (χ1v) is 5.64. The number of hydrogen-bond donors (Lipinski definition) is 2. The second kappa shape index (κ2) is 6.48. The van der Waals surface area contributed by atoms with Crippen LogP contribution < -0.4 is 5.32 Å². The van der Waals surface area contributed by atoms with Crippen molar-refractivity contribution in [3.63, 3.8) is 0 Å². The number of carboxylic acids is 1. The van der Waals surface area contributed by atoms with E-state index in [1.807, 2.05) is 0 Å². The third kappa shape index (κ3) is 4.18. The third-order valence-corrected chi connectivity index (χ3v) is 2.94. The van der Waals surface area contributed by atoms with E-state index in [9.17, 15) is 9.59 Å². The van der Waals surface area contributed by atoms with Crippen molar-refractivity contribution < 1.29 is 19.4 Å². The van der Waals surface area contributed by atoms with Crippen LogP contribution in [0.5, 0.6) is 0 Å². The summed E-state index contributed by atoms with van der Waals surface area (Å²) in [7, 11) is 1.51. The van der Waals surface area contributed by atoms with Crippen molar-refractivity contribution in [1.29, 1.82) is 0 Å². The van der Waals surface area contributed by atoms with Gasteiger partial charge in [0, 0.05) is 26.6 Å². The average Bonchev–Trinajstić information content (AvgIpc) is 2.18. The molecule has 0 aromatic rings. The van der Waals surface area contributed by atoms with Crippen LogP contribution >= 0.6 is 0 Å². The maximum absolute atomic E-state index is 11.5. The van der Waals surface area contributed by atoms with Crippen molar-refractivity contribution in [3.8, 4) is 0 Å². The topological polar surface area (TPSA) is 75.6 Å². The van der Waals surface area contributed by atoms with Crippen LogP contribution in [-0.2, 0) is 14.3 Å². The van der Waals surface area contributed by atoms with Gasteiger partial charge in [0.05, 0.1) is 0 Å². The normalized spacial score (nSPS) is 17.6. The molecule has 0 spiro atoms. The summed E-state index contributed by atoms with van der Waals surface area (Å²) in [6, 6.07) is -0.826. The molecule has 1 unspecified atom stereocenters. The molecule has 0 aliphatic heterocycles. The quantitative estimate of drug-likeness (QED) is 0.676. The largest absolute Gasteiger partial charge is 0.480 e. The van der Waals surface area contributed by atoms with Gasteiger partial charge in [0.25, 0.3) is 0 Å². The molecule has 1 amide bonds. The van der Waals surface area contributed by atoms with E-state index in [0.717, 1.165) is 12.8 Å². The highest BCUT2D eigenvalue weighted by Crippen LogP contribution is 2.29. The molecule has 5 heteroatoms. The van der Waals surface area contributed by atoms with E-state index in [-0.39, 0.29) is 5.91 Å². The smallest absolute Gasteiger partial charge is 0.326 e. The SMILES string of the molecule is COCCC(NC(=O)CC1CCC1)C(=O)O. The van der Waals surface area contributed by atoms with Crippen LogP contribution in [0.25, 0.3) is 0 Å². The van der Waals surface area contributed by atoms with E-state index in [1.54, 1.807) is 0 Å². The second-order valence-corrected chi connectivity index (χ2v) is 4.24. The number of nitrogens with one attached hydrogen (secondary N) is 1. The molecule has 1 atom stereocenters. The van der Waals surface area contributed by atoms with Crippen LogP contribution in [0.1, 0.15) is 32.1 Å². The van der Waals surface area contributed by atoms with E-state index in [1.165, 1.54) is 13.5 Å². The van der Waals surface area contributed by atoms with Crippen molar-refractivity contribution in [3.05, 3.63) is 0 Å². The van der Waals surface area contributed by atoms with Gasteiger partial charge in [-0.05, 0) is 18.8 Å². The number of amides is 1. The molecule has 16 heavy (non-hydrogen) atoms. The first-order chi connectivity index (χ1) is 7.63. The Morgan fingerprint density at radius 1 is 1.50 bits per heavy atom. The van der Waals surface area contributed by atoms with Crippen molar-refractivity contribution in [2.45, 2.75) is 38.1 Å². The van der Waals surface area contributed by atoms with Crippen LogP contribution in [0.15, 0.2) is 0 Å². The van der Waals surface area contributed by atoms with Gasteiger partial charge in [-0.25, -0.2) is 4.79 Å². The molecule has 0 aromatic carbocycles. The van der Waals surface area contributed by atoms with Gasteiger partial charge in [-0.2, -0.15) is 0 Å². The lowest BCUT2D eigenvalue weighted by molar-refractivity contribution is -0.142. The van der Waals surface area contributed by atoms with Crippen LogP contribution in [0.2, 0.25) is 0 Å². The van der Waals surface area contributed by atoms with Gasteiger partial charge < -0.3 is 15.2 Å². The summed E-state index contributed by atoms with van der Waals surface area (Å²) in [5.41, 5.74) is 0. The first kappa shape index (κ1) is 13.0. The van der Waals surface area contributed by atoms with Gasteiger partial charge in [0.1, 0.15) is 6.04 Å². The number of ether oxygens (including phenoxy) is 1. The number of hydrogen-bond acceptors (Lipinski definition) is 3. The van der Waals surface area contributed by atoms with Crippen LogP contribution in [0.3, 0.4) is 0 Å². The summed E-state index contributed by atoms with van der Waals surface area (Å²) in [5, 5.41) is 11.4. The van der Waals surface area contributed by atoms with E-state index in [2.05, 4.69) is 5.32 Å². The predicted octanol–water partition coefficient (Wildman–Crippen LogP) is 0.782. The molecule has 1 aliphatic carbocycles. The van der Waals surface area contributed by atoms with E-state index < -0.39 is 12.0 Å². The van der Waals surface area contributed by atoms with Gasteiger partial charge in [0.15, 0.2) is 0 Å². The summed E-state index contributed by atoms with van der Waals surface area (Å²) in [6.07, 6.45) is 4.12. The van der Waals surface area contributed by atoms with Gasteiger partial charge in [0.2, 0.25) is 5.91 Å². The summed E-state index contributed by atoms with van der Waals surface area (Å²) in [6.45, 7) is 0.334. The standard InChI is InChI=1S/C11H19NO4/c1-16-6-5-9(11(14)15)12-10(13)7-8-3-2-4-8/h8-9H,2-7H2,1H3,(H,12,13)(H,14,15). The molecule has 1 aliphatic rings. The average molecular weight is 229 g/mol. The minimum atomic E-state index is -1.00. The van der Waals surface area contributed by atoms with E-state index >= 15 is 0 Å². The van der Waals surface area contributed by atoms with Gasteiger partial charge in [-0.15, -0.1) is 0 Å². The Hall–Kier alpha value is -1.10. The van der Waals surface area contributed by atoms with Crippen molar-refractivity contribution in [2.24, 2.45) is 5.92 Å². The first-order valence-electron chi connectivity index (χ1n) is 5.64. The van der Waals surface area contributed by atoms with E-state index in [0.29, 0.717) is 25.4 Å². The molecular formula is C11H19NO4. The molecule has 2 N–H and O–H groups in total. The number of carbonyl (C=O) groups excluding carboxylic acids is 1. The van der Waals surface area contributed by atoms with Gasteiger partial charge in [-0.1, -0.05) is 6.42 Å². The molecule has 5 nitrogen and oxygen atoms in total. The highest BCUT2D eigenvalue weighted by atomic mass is 16.5. The minimum absolute atomic E-state index is 0.159. The monoisotopic (exact) mass is 229 g/mol. The summed E-state index contributed by atoms with van der Waals surface area (Å²) >= 11 is 0. The van der Waals surface area contributed by atoms with Crippen LogP contribution in [0, 0.1) is 5.92 Å². The number of methoxy groups -OCH3 is 1. The summed E-state index contributed by atoms with van der Waals surface area (Å²) in [4.78, 5) is 22.3. The highest BCUT2D eigenvalue weighted by molar-refractivity contribution is 5.83. The van der Waals surface area contributed by atoms with Gasteiger partial charge in [-0.3, -0.25) is 4.79 Å². The molecule has 0 aromatic heterocycles. The lowest BCUT2D eigenvalue weighted by Gasteiger charge is -2.25. The molecular weight excluding hydrogens is 210 g/mol. The van der Waals surface area contributed by atoms with Gasteiger partial charge >= 0.3 is 5.97 Å². The van der Waals surface area contributed by atoms with Crippen LogP contribution in [0.4, 0.5) is 0 Å². The second-order valence-electron chi connectivity index (χ2n) is 4.24. The van der Waals surface area contributed by atoms with E-state index in [4.69, 9.17) is 9.84 Å². The maximum atomic E-state index is 11.5. The molecule has 1 rings (SSSR count). The fraction of sp³-hybridized carbons (Fsp3) is 0.818. The Balaban J connectivity index is 2.28. The molecule has 0 radical (unpaired) electrons. The third-order valence-electron chi connectivity index (χ3n) is 2.94. The van der Waals surface area contributed by atoms with Crippen molar-refractivity contribution in [1.82, 2.24) is 5.32 Å². The molecule has 1 fully saturated rings. The minimum Gasteiger partial charge on any atom is -0.480 e. The number of aliphatic carboxylic acids is 1. The number of rotatable bonds is 7. The molecule has 0 heterocycles. The predicted molar refractivity (Wildman–Crippen MR) is 58.0 cm³/mol. The molecule has 92 valence electrons. The fourth-order valence-corrected chi connectivity index (χ4v) is 1.71. The molecule has 1 saturated carbocycles. The molecule has 0 saturated heterocycles. The maximum Gasteiger partial charge on any atom is 0.326 e. The Labute approximate surface area is 95.2 Å². The lowest BCUT2D eigenvalue weighted by Crippen LogP contribution is -2.42. The number of carbonyl (C=O) groups is 2. The van der Waals surface area contributed by atoms with Crippen molar-refractivity contribution in [2.75, 3.05) is 13.7 Å². The highest BCUT2D eigenvalue weighted by Gasteiger charge is 2.24.